The summed E-state index contributed by atoms with van der Waals surface area (Å²) in [6, 6.07) is 0. The second-order valence-electron chi connectivity index (χ2n) is 2.47. The van der Waals surface area contributed by atoms with E-state index in [-0.39, 0.29) is 0 Å². The number of nitrogens with zero attached hydrogens (tertiary/aromatic N) is 2. The quantitative estimate of drug-likeness (QED) is 0.735. The maximum atomic E-state index is 5.24. The van der Waals surface area contributed by atoms with Crippen molar-refractivity contribution in [3.8, 4) is 0 Å². The average molecular weight is 282 g/mol. The maximum absolute atomic E-state index is 5.24. The lowest BCUT2D eigenvalue weighted by molar-refractivity contribution is 0.193. The zero-order chi connectivity index (χ0) is 7.68. The number of rotatable bonds is 1. The van der Waals surface area contributed by atoms with Crippen LogP contribution in [0.25, 0.3) is 0 Å². The largest absolute Gasteiger partial charge is 0.381 e. The fraction of sp³-hybridized carbons (Fsp3) is 0.667. The Morgan fingerprint density at radius 1 is 1.64 bits per heavy atom. The molecule has 0 aliphatic carbocycles. The third-order valence-corrected chi connectivity index (χ3v) is 3.06. The van der Waals surface area contributed by atoms with Gasteiger partial charge in [0.2, 0.25) is 0 Å². The first kappa shape index (κ1) is 7.88. The zero-order valence-corrected chi connectivity index (χ0v) is 8.76. The monoisotopic (exact) mass is 282 g/mol. The lowest BCUT2D eigenvalue weighted by atomic mass is 10.1. The van der Waals surface area contributed by atoms with Crippen LogP contribution in [0.15, 0.2) is 0 Å². The third-order valence-electron chi connectivity index (χ3n) is 1.71. The molecule has 1 aromatic rings. The van der Waals surface area contributed by atoms with E-state index in [4.69, 9.17) is 4.74 Å². The van der Waals surface area contributed by atoms with Crippen LogP contribution in [0.4, 0.5) is 0 Å². The highest BCUT2D eigenvalue weighted by Crippen LogP contribution is 2.23. The van der Waals surface area contributed by atoms with Gasteiger partial charge in [0.05, 0.1) is 6.61 Å². The SMILES string of the molecule is Ic1nc(C2CCOC2)ns1. The van der Waals surface area contributed by atoms with Gasteiger partial charge in [-0.1, -0.05) is 0 Å². The van der Waals surface area contributed by atoms with E-state index in [1.807, 2.05) is 0 Å². The Hall–Kier alpha value is 0.250. The summed E-state index contributed by atoms with van der Waals surface area (Å²) in [6.07, 6.45) is 1.08. The van der Waals surface area contributed by atoms with Crippen LogP contribution < -0.4 is 0 Å². The van der Waals surface area contributed by atoms with Crippen molar-refractivity contribution in [2.24, 2.45) is 0 Å². The van der Waals surface area contributed by atoms with Crippen molar-refractivity contribution in [3.05, 3.63) is 8.84 Å². The van der Waals surface area contributed by atoms with Gasteiger partial charge in [-0.2, -0.15) is 4.37 Å². The molecule has 1 aromatic heterocycles. The van der Waals surface area contributed by atoms with E-state index in [1.54, 1.807) is 0 Å². The van der Waals surface area contributed by atoms with Crippen molar-refractivity contribution in [1.29, 1.82) is 0 Å². The minimum atomic E-state index is 0.453. The topological polar surface area (TPSA) is 35.0 Å². The van der Waals surface area contributed by atoms with E-state index >= 15 is 0 Å². The van der Waals surface area contributed by atoms with Gasteiger partial charge in [-0.05, 0) is 40.5 Å². The molecule has 60 valence electrons. The molecule has 2 rings (SSSR count). The number of hydrogen-bond donors (Lipinski definition) is 0. The zero-order valence-electron chi connectivity index (χ0n) is 5.79. The van der Waals surface area contributed by atoms with E-state index < -0.39 is 0 Å². The van der Waals surface area contributed by atoms with Gasteiger partial charge in [0.25, 0.3) is 0 Å². The Morgan fingerprint density at radius 2 is 2.55 bits per heavy atom. The smallest absolute Gasteiger partial charge is 0.173 e. The van der Waals surface area contributed by atoms with Crippen molar-refractivity contribution in [2.75, 3.05) is 13.2 Å². The fourth-order valence-electron chi connectivity index (χ4n) is 1.12. The molecule has 1 aliphatic rings. The fourth-order valence-corrected chi connectivity index (χ4v) is 2.15. The first-order valence-corrected chi connectivity index (χ1v) is 5.28. The summed E-state index contributed by atoms with van der Waals surface area (Å²) in [5, 5.41) is 0. The molecule has 1 atom stereocenters. The minimum absolute atomic E-state index is 0.453. The molecule has 1 saturated heterocycles. The molecule has 0 bridgehead atoms. The molecule has 1 unspecified atom stereocenters. The van der Waals surface area contributed by atoms with Gasteiger partial charge in [0.1, 0.15) is 5.82 Å². The molecular weight excluding hydrogens is 275 g/mol. The molecular formula is C6H7IN2OS. The Bertz CT molecular complexity index is 246. The van der Waals surface area contributed by atoms with Gasteiger partial charge < -0.3 is 4.74 Å². The molecule has 0 radical (unpaired) electrons. The van der Waals surface area contributed by atoms with Gasteiger partial charge in [0, 0.05) is 12.5 Å². The Labute approximate surface area is 82.5 Å². The van der Waals surface area contributed by atoms with Gasteiger partial charge in [-0.3, -0.25) is 0 Å². The van der Waals surface area contributed by atoms with Crippen molar-refractivity contribution >= 4 is 34.1 Å². The summed E-state index contributed by atoms with van der Waals surface area (Å²) in [5.41, 5.74) is 0. The summed E-state index contributed by atoms with van der Waals surface area (Å²) < 4.78 is 10.5. The molecule has 3 nitrogen and oxygen atoms in total. The standard InChI is InChI=1S/C6H7IN2OS/c7-6-8-5(9-11-6)4-1-2-10-3-4/h4H,1-3H2. The molecule has 11 heavy (non-hydrogen) atoms. The molecule has 1 aliphatic heterocycles. The molecule has 0 spiro atoms. The number of halogens is 1. The summed E-state index contributed by atoms with van der Waals surface area (Å²) in [4.78, 5) is 4.31. The van der Waals surface area contributed by atoms with Crippen LogP contribution in [-0.2, 0) is 4.74 Å². The van der Waals surface area contributed by atoms with E-state index in [2.05, 4.69) is 31.9 Å². The van der Waals surface area contributed by atoms with Gasteiger partial charge in [0.15, 0.2) is 3.01 Å². The molecule has 5 heteroatoms. The molecule has 0 saturated carbocycles. The number of ether oxygens (including phenoxy) is 1. The normalized spacial score (nSPS) is 24.3. The van der Waals surface area contributed by atoms with Gasteiger partial charge >= 0.3 is 0 Å². The lowest BCUT2D eigenvalue weighted by Crippen LogP contribution is -1.99. The maximum Gasteiger partial charge on any atom is 0.173 e. The highest BCUT2D eigenvalue weighted by Gasteiger charge is 2.21. The molecule has 1 fully saturated rings. The van der Waals surface area contributed by atoms with Crippen molar-refractivity contribution in [3.63, 3.8) is 0 Å². The highest BCUT2D eigenvalue weighted by atomic mass is 127. The summed E-state index contributed by atoms with van der Waals surface area (Å²) in [7, 11) is 0. The lowest BCUT2D eigenvalue weighted by Gasteiger charge is -1.98. The van der Waals surface area contributed by atoms with E-state index in [0.717, 1.165) is 28.5 Å². The predicted molar refractivity (Wildman–Crippen MR) is 50.8 cm³/mol. The van der Waals surface area contributed by atoms with Gasteiger partial charge in [-0.25, -0.2) is 4.98 Å². The Balaban J connectivity index is 2.15. The molecule has 0 aromatic carbocycles. The summed E-state index contributed by atoms with van der Waals surface area (Å²) >= 11 is 3.65. The van der Waals surface area contributed by atoms with Crippen molar-refractivity contribution < 1.29 is 4.74 Å². The summed E-state index contributed by atoms with van der Waals surface area (Å²) in [6.45, 7) is 1.66. The van der Waals surface area contributed by atoms with E-state index in [9.17, 15) is 0 Å². The van der Waals surface area contributed by atoms with Crippen molar-refractivity contribution in [1.82, 2.24) is 9.36 Å². The van der Waals surface area contributed by atoms with E-state index in [0.29, 0.717) is 5.92 Å². The molecule has 0 N–H and O–H groups in total. The van der Waals surface area contributed by atoms with Crippen molar-refractivity contribution in [2.45, 2.75) is 12.3 Å². The van der Waals surface area contributed by atoms with Crippen LogP contribution in [0.3, 0.4) is 0 Å². The van der Waals surface area contributed by atoms with Crippen LogP contribution in [0.5, 0.6) is 0 Å². The minimum Gasteiger partial charge on any atom is -0.381 e. The average Bonchev–Trinajstić information content (AvgIpc) is 2.55. The highest BCUT2D eigenvalue weighted by molar-refractivity contribution is 14.1. The predicted octanol–water partition coefficient (Wildman–Crippen LogP) is 1.65. The number of aromatic nitrogens is 2. The van der Waals surface area contributed by atoms with Crippen LogP contribution in [0.2, 0.25) is 0 Å². The number of hydrogen-bond acceptors (Lipinski definition) is 4. The van der Waals surface area contributed by atoms with E-state index in [1.165, 1.54) is 11.5 Å². The first-order chi connectivity index (χ1) is 5.36. The summed E-state index contributed by atoms with van der Waals surface area (Å²) in [5.74, 6) is 1.42. The third kappa shape index (κ3) is 1.70. The molecule has 2 heterocycles. The Morgan fingerprint density at radius 3 is 3.09 bits per heavy atom. The molecule has 0 amide bonds. The second-order valence-corrected chi connectivity index (χ2v) is 4.97. The van der Waals surface area contributed by atoms with Crippen LogP contribution in [-0.4, -0.2) is 22.6 Å². The van der Waals surface area contributed by atoms with Crippen LogP contribution in [0.1, 0.15) is 18.2 Å². The van der Waals surface area contributed by atoms with Gasteiger partial charge in [-0.15, -0.1) is 0 Å². The van der Waals surface area contributed by atoms with Crippen LogP contribution >= 0.6 is 34.1 Å². The second kappa shape index (κ2) is 3.32. The Kier molecular flexibility index (Phi) is 2.38. The van der Waals surface area contributed by atoms with Crippen LogP contribution in [0, 0.1) is 3.01 Å². The first-order valence-electron chi connectivity index (χ1n) is 3.43.